The van der Waals surface area contributed by atoms with Crippen molar-refractivity contribution in [1.29, 1.82) is 0 Å². The van der Waals surface area contributed by atoms with Crippen molar-refractivity contribution < 1.29 is 14.8 Å². The van der Waals surface area contributed by atoms with Crippen molar-refractivity contribution in [2.75, 3.05) is 0 Å². The maximum Gasteiger partial charge on any atom is 0.271 e. The molecule has 5 aromatic heterocycles. The molecule has 3 aromatic carbocycles. The van der Waals surface area contributed by atoms with Crippen molar-refractivity contribution >= 4 is 50.2 Å². The number of nitro groups is 3. The third-order valence-corrected chi connectivity index (χ3v) is 7.45. The first kappa shape index (κ1) is 32.5. The fraction of sp³-hybridized carbons (Fsp3) is 0.0606. The van der Waals surface area contributed by atoms with Crippen molar-refractivity contribution in [1.82, 2.24) is 39.0 Å². The zero-order valence-electron chi connectivity index (χ0n) is 26.3. The molecule has 248 valence electrons. The molecule has 0 bridgehead atoms. The summed E-state index contributed by atoms with van der Waals surface area (Å²) < 4.78 is 3.64. The van der Waals surface area contributed by atoms with Crippen LogP contribution in [0.25, 0.3) is 44.5 Å². The van der Waals surface area contributed by atoms with Crippen LogP contribution in [0.2, 0.25) is 0 Å². The van der Waals surface area contributed by atoms with Gasteiger partial charge in [-0.25, -0.2) is 15.0 Å². The number of non-ortho nitro benzene ring substituents is 3. The quantitative estimate of drug-likeness (QED) is 0.149. The first-order chi connectivity index (χ1) is 24.1. The Morgan fingerprint density at radius 3 is 1.64 bits per heavy atom. The zero-order valence-corrected chi connectivity index (χ0v) is 26.3. The summed E-state index contributed by atoms with van der Waals surface area (Å²) in [5.41, 5.74) is 7.96. The lowest BCUT2D eigenvalue weighted by molar-refractivity contribution is -0.384. The molecule has 0 atom stereocenters. The molecule has 0 fully saturated rings. The Balaban J connectivity index is 0.000000133. The summed E-state index contributed by atoms with van der Waals surface area (Å²) in [6.45, 7) is 3.82. The molecule has 0 aliphatic heterocycles. The van der Waals surface area contributed by atoms with Gasteiger partial charge < -0.3 is 4.98 Å². The maximum atomic E-state index is 10.8. The monoisotopic (exact) mass is 671 g/mol. The standard InChI is InChI=1S/2C13H10N4O2.C7H5N3O2/c1-9-2-3-11(7-14-9)16-8-15-12-6-10(17(18)19)4-5-13(12)16;1-9-2-3-11(7-14-9)16-8-15-12-5-4-10(17(18)19)6-13(12)16;11-10(12)5-1-2-6-7(3-5)9-4-8-6/h2*2-8H,1H3;1-4H,(H,8,9). The molecule has 8 rings (SSSR count). The largest absolute Gasteiger partial charge is 0.344 e. The molecule has 0 unspecified atom stereocenters. The van der Waals surface area contributed by atoms with E-state index in [0.29, 0.717) is 22.1 Å². The summed E-state index contributed by atoms with van der Waals surface area (Å²) in [5, 5.41) is 31.9. The lowest BCUT2D eigenvalue weighted by Gasteiger charge is -2.03. The molecule has 1 N–H and O–H groups in total. The second-order valence-electron chi connectivity index (χ2n) is 10.8. The van der Waals surface area contributed by atoms with Gasteiger partial charge in [-0.05, 0) is 56.3 Å². The van der Waals surface area contributed by atoms with Crippen LogP contribution >= 0.6 is 0 Å². The predicted octanol–water partition coefficient (Wildman–Crippen LogP) is 6.75. The fourth-order valence-corrected chi connectivity index (χ4v) is 4.88. The third kappa shape index (κ3) is 6.95. The minimum Gasteiger partial charge on any atom is -0.344 e. The highest BCUT2D eigenvalue weighted by atomic mass is 16.6. The Labute approximate surface area is 281 Å². The van der Waals surface area contributed by atoms with E-state index in [-0.39, 0.29) is 17.1 Å². The molecule has 0 spiro atoms. The van der Waals surface area contributed by atoms with Crippen molar-refractivity contribution in [3.8, 4) is 11.4 Å². The number of fused-ring (bicyclic) bond motifs is 3. The van der Waals surface area contributed by atoms with Crippen LogP contribution in [0.4, 0.5) is 17.1 Å². The van der Waals surface area contributed by atoms with Crippen LogP contribution in [0, 0.1) is 44.2 Å². The smallest absolute Gasteiger partial charge is 0.271 e. The highest BCUT2D eigenvalue weighted by Crippen LogP contribution is 2.24. The van der Waals surface area contributed by atoms with Gasteiger partial charge in [0.1, 0.15) is 12.7 Å². The van der Waals surface area contributed by atoms with E-state index in [9.17, 15) is 30.3 Å². The van der Waals surface area contributed by atoms with Gasteiger partial charge in [-0.3, -0.25) is 49.4 Å². The number of benzene rings is 3. The summed E-state index contributed by atoms with van der Waals surface area (Å²) >= 11 is 0. The molecule has 50 heavy (non-hydrogen) atoms. The number of hydrogen-bond acceptors (Lipinski definition) is 11. The number of hydrogen-bond donors (Lipinski definition) is 1. The van der Waals surface area contributed by atoms with Crippen LogP contribution in [-0.2, 0) is 0 Å². The van der Waals surface area contributed by atoms with Gasteiger partial charge in [-0.2, -0.15) is 0 Å². The Kier molecular flexibility index (Phi) is 8.93. The predicted molar refractivity (Wildman–Crippen MR) is 183 cm³/mol. The van der Waals surface area contributed by atoms with Gasteiger partial charge in [-0.1, -0.05) is 0 Å². The number of aromatic nitrogens is 8. The van der Waals surface area contributed by atoms with Gasteiger partial charge in [0.25, 0.3) is 17.1 Å². The summed E-state index contributed by atoms with van der Waals surface area (Å²) in [7, 11) is 0. The number of pyridine rings is 2. The van der Waals surface area contributed by atoms with Crippen molar-refractivity contribution in [3.05, 3.63) is 152 Å². The van der Waals surface area contributed by atoms with E-state index in [2.05, 4.69) is 29.9 Å². The van der Waals surface area contributed by atoms with Crippen molar-refractivity contribution in [2.24, 2.45) is 0 Å². The van der Waals surface area contributed by atoms with E-state index in [1.807, 2.05) is 42.7 Å². The lowest BCUT2D eigenvalue weighted by Crippen LogP contribution is -1.94. The fourth-order valence-electron chi connectivity index (χ4n) is 4.88. The number of nitrogens with zero attached hydrogens (tertiary/aromatic N) is 10. The Hall–Kier alpha value is -7.43. The van der Waals surface area contributed by atoms with Crippen LogP contribution in [0.1, 0.15) is 11.4 Å². The van der Waals surface area contributed by atoms with Crippen molar-refractivity contribution in [2.45, 2.75) is 13.8 Å². The summed E-state index contributed by atoms with van der Waals surface area (Å²) in [6, 6.07) is 21.4. The number of nitrogens with one attached hydrogen (secondary N) is 1. The molecular formula is C33H25N11O6. The minimum absolute atomic E-state index is 0.0415. The normalized spacial score (nSPS) is 10.7. The van der Waals surface area contributed by atoms with Crippen LogP contribution in [0.3, 0.4) is 0 Å². The number of H-pyrrole nitrogens is 1. The minimum atomic E-state index is -0.430. The average molecular weight is 672 g/mol. The maximum absolute atomic E-state index is 10.8. The van der Waals surface area contributed by atoms with E-state index in [4.69, 9.17) is 0 Å². The first-order valence-corrected chi connectivity index (χ1v) is 14.7. The summed E-state index contributed by atoms with van der Waals surface area (Å²) in [6.07, 6.45) is 8.25. The highest BCUT2D eigenvalue weighted by molar-refractivity contribution is 5.81. The van der Waals surface area contributed by atoms with E-state index < -0.39 is 14.8 Å². The molecule has 0 saturated heterocycles. The van der Waals surface area contributed by atoms with E-state index in [1.165, 1.54) is 42.7 Å². The van der Waals surface area contributed by atoms with Gasteiger partial charge in [0.15, 0.2) is 0 Å². The first-order valence-electron chi connectivity index (χ1n) is 14.7. The van der Waals surface area contributed by atoms with Crippen LogP contribution < -0.4 is 0 Å². The number of nitro benzene ring substituents is 3. The number of rotatable bonds is 5. The van der Waals surface area contributed by atoms with Crippen LogP contribution in [0.15, 0.2) is 110 Å². The Morgan fingerprint density at radius 1 is 0.540 bits per heavy atom. The van der Waals surface area contributed by atoms with E-state index in [0.717, 1.165) is 33.8 Å². The third-order valence-electron chi connectivity index (χ3n) is 7.45. The SMILES string of the molecule is Cc1ccc(-n2cnc3cc([N+](=O)[O-])ccc32)cn1.Cc1ccc(-n2cnc3ccc([N+](=O)[O-])cc32)cn1.O=[N+]([O-])c1ccc2nc[nH]c2c1. The highest BCUT2D eigenvalue weighted by Gasteiger charge is 2.12. The molecule has 0 amide bonds. The molecule has 0 saturated carbocycles. The van der Waals surface area contributed by atoms with E-state index in [1.54, 1.807) is 47.8 Å². The lowest BCUT2D eigenvalue weighted by atomic mass is 10.2. The molecule has 0 radical (unpaired) electrons. The van der Waals surface area contributed by atoms with Gasteiger partial charge in [0.05, 0.1) is 78.0 Å². The van der Waals surface area contributed by atoms with E-state index >= 15 is 0 Å². The molecule has 5 heterocycles. The topological polar surface area (TPSA) is 220 Å². The average Bonchev–Trinajstić information content (AvgIpc) is 3.87. The molecule has 8 aromatic rings. The number of aromatic amines is 1. The molecule has 17 heteroatoms. The Morgan fingerprint density at radius 2 is 1.06 bits per heavy atom. The second-order valence-corrected chi connectivity index (χ2v) is 10.8. The summed E-state index contributed by atoms with van der Waals surface area (Å²) in [4.78, 5) is 54.2. The van der Waals surface area contributed by atoms with Crippen LogP contribution in [0.5, 0.6) is 0 Å². The molecular weight excluding hydrogens is 646 g/mol. The molecule has 0 aliphatic rings. The van der Waals surface area contributed by atoms with Gasteiger partial charge in [-0.15, -0.1) is 0 Å². The number of imidazole rings is 3. The second kappa shape index (κ2) is 13.7. The van der Waals surface area contributed by atoms with Crippen LogP contribution in [-0.4, -0.2) is 53.8 Å². The van der Waals surface area contributed by atoms with Gasteiger partial charge in [0, 0.05) is 47.8 Å². The number of aryl methyl sites for hydroxylation is 2. The van der Waals surface area contributed by atoms with Crippen molar-refractivity contribution in [3.63, 3.8) is 0 Å². The Bertz CT molecular complexity index is 2500. The van der Waals surface area contributed by atoms with Gasteiger partial charge >= 0.3 is 0 Å². The van der Waals surface area contributed by atoms with Gasteiger partial charge in [0.2, 0.25) is 0 Å². The molecule has 17 nitrogen and oxygen atoms in total. The summed E-state index contributed by atoms with van der Waals surface area (Å²) in [5.74, 6) is 0. The zero-order chi connectivity index (χ0) is 35.4. The molecule has 0 aliphatic carbocycles.